The van der Waals surface area contributed by atoms with E-state index in [1.807, 2.05) is 19.1 Å². The van der Waals surface area contributed by atoms with Gasteiger partial charge in [0.1, 0.15) is 0 Å². The van der Waals surface area contributed by atoms with Crippen LogP contribution in [0.3, 0.4) is 0 Å². The van der Waals surface area contributed by atoms with Crippen molar-refractivity contribution in [1.29, 1.82) is 0 Å². The van der Waals surface area contributed by atoms with E-state index in [2.05, 4.69) is 0 Å². The molecule has 1 fully saturated rings. The summed E-state index contributed by atoms with van der Waals surface area (Å²) < 4.78 is 11.0. The van der Waals surface area contributed by atoms with Crippen LogP contribution in [0.5, 0.6) is 11.5 Å². The summed E-state index contributed by atoms with van der Waals surface area (Å²) in [6.45, 7) is 1.91. The fourth-order valence-electron chi connectivity index (χ4n) is 1.47. The lowest BCUT2D eigenvalue weighted by molar-refractivity contribution is 0.282. The molecule has 0 radical (unpaired) electrons. The quantitative estimate of drug-likeness (QED) is 0.882. The fraction of sp³-hybridized carbons (Fsp3) is 0.500. The van der Waals surface area contributed by atoms with Gasteiger partial charge in [0.25, 0.3) is 0 Å². The van der Waals surface area contributed by atoms with Gasteiger partial charge in [-0.1, -0.05) is 11.6 Å². The van der Waals surface area contributed by atoms with Gasteiger partial charge in [-0.05, 0) is 37.5 Å². The predicted octanol–water partition coefficient (Wildman–Crippen LogP) is 2.91. The number of benzene rings is 1. The van der Waals surface area contributed by atoms with E-state index in [9.17, 15) is 0 Å². The Morgan fingerprint density at radius 3 is 2.62 bits per heavy atom. The Labute approximate surface area is 100 Å². The minimum atomic E-state index is -0.0682. The molecule has 0 spiro atoms. The Morgan fingerprint density at radius 1 is 1.44 bits per heavy atom. The predicted molar refractivity (Wildman–Crippen MR) is 64.3 cm³/mol. The molecule has 0 heterocycles. The maximum atomic E-state index is 6.17. The highest BCUT2D eigenvalue weighted by molar-refractivity contribution is 6.32. The van der Waals surface area contributed by atoms with Crippen molar-refractivity contribution in [3.63, 3.8) is 0 Å². The van der Waals surface area contributed by atoms with Crippen molar-refractivity contribution in [2.45, 2.75) is 31.9 Å². The lowest BCUT2D eigenvalue weighted by Crippen LogP contribution is -2.06. The second-order valence-electron chi connectivity index (χ2n) is 4.14. The van der Waals surface area contributed by atoms with E-state index in [0.717, 1.165) is 18.4 Å². The van der Waals surface area contributed by atoms with Gasteiger partial charge in [-0.3, -0.25) is 0 Å². The maximum Gasteiger partial charge on any atom is 0.180 e. The van der Waals surface area contributed by atoms with Crippen molar-refractivity contribution in [3.8, 4) is 11.5 Å². The number of ether oxygens (including phenoxy) is 2. The maximum absolute atomic E-state index is 6.17. The van der Waals surface area contributed by atoms with Gasteiger partial charge in [-0.2, -0.15) is 0 Å². The molecule has 2 rings (SSSR count). The molecule has 2 N–H and O–H groups in total. The summed E-state index contributed by atoms with van der Waals surface area (Å²) in [6.07, 6.45) is 2.48. The average Bonchev–Trinajstić information content (AvgIpc) is 3.04. The van der Waals surface area contributed by atoms with Gasteiger partial charge >= 0.3 is 0 Å². The molecule has 1 saturated carbocycles. The zero-order valence-corrected chi connectivity index (χ0v) is 10.3. The lowest BCUT2D eigenvalue weighted by atomic mass is 10.1. The van der Waals surface area contributed by atoms with Crippen LogP contribution in [0, 0.1) is 0 Å². The van der Waals surface area contributed by atoms with Gasteiger partial charge < -0.3 is 15.2 Å². The molecular weight excluding hydrogens is 226 g/mol. The first kappa shape index (κ1) is 11.6. The van der Waals surface area contributed by atoms with Crippen molar-refractivity contribution in [1.82, 2.24) is 0 Å². The summed E-state index contributed by atoms with van der Waals surface area (Å²) in [6, 6.07) is 3.65. The van der Waals surface area contributed by atoms with Crippen molar-refractivity contribution in [2.75, 3.05) is 7.11 Å². The second-order valence-corrected chi connectivity index (χ2v) is 4.55. The molecule has 1 aromatic carbocycles. The molecule has 0 aromatic heterocycles. The first-order valence-corrected chi connectivity index (χ1v) is 5.79. The summed E-state index contributed by atoms with van der Waals surface area (Å²) in [5, 5.41) is 0.568. The highest BCUT2D eigenvalue weighted by Gasteiger charge is 2.26. The number of hydrogen-bond acceptors (Lipinski definition) is 3. The number of methoxy groups -OCH3 is 1. The third kappa shape index (κ3) is 2.42. The molecule has 4 heteroatoms. The van der Waals surface area contributed by atoms with Crippen molar-refractivity contribution in [2.24, 2.45) is 5.73 Å². The Bertz CT molecular complexity index is 389. The standard InChI is InChI=1S/C12H16ClNO2/c1-7(14)8-5-10(13)12(11(6-8)15-2)16-9-3-4-9/h5-7,9H,3-4,14H2,1-2H3. The molecule has 88 valence electrons. The van der Waals surface area contributed by atoms with E-state index in [-0.39, 0.29) is 6.04 Å². The van der Waals surface area contributed by atoms with Crippen LogP contribution in [-0.2, 0) is 0 Å². The van der Waals surface area contributed by atoms with E-state index in [1.54, 1.807) is 7.11 Å². The monoisotopic (exact) mass is 241 g/mol. The molecule has 1 aliphatic carbocycles. The van der Waals surface area contributed by atoms with Crippen molar-refractivity contribution >= 4 is 11.6 Å². The van der Waals surface area contributed by atoms with E-state index in [4.69, 9.17) is 26.8 Å². The third-order valence-corrected chi connectivity index (χ3v) is 2.87. The molecule has 0 amide bonds. The molecule has 1 atom stereocenters. The van der Waals surface area contributed by atoms with Crippen LogP contribution >= 0.6 is 11.6 Å². The number of rotatable bonds is 4. The topological polar surface area (TPSA) is 44.5 Å². The zero-order chi connectivity index (χ0) is 11.7. The molecule has 16 heavy (non-hydrogen) atoms. The summed E-state index contributed by atoms with van der Waals surface area (Å²) in [5.74, 6) is 1.29. The molecule has 3 nitrogen and oxygen atoms in total. The molecule has 0 saturated heterocycles. The van der Waals surface area contributed by atoms with Gasteiger partial charge in [-0.15, -0.1) is 0 Å². The van der Waals surface area contributed by atoms with Gasteiger partial charge in [0, 0.05) is 6.04 Å². The van der Waals surface area contributed by atoms with Gasteiger partial charge in [0.15, 0.2) is 11.5 Å². The number of nitrogens with two attached hydrogens (primary N) is 1. The molecule has 1 aromatic rings. The average molecular weight is 242 g/mol. The van der Waals surface area contributed by atoms with Crippen LogP contribution in [0.15, 0.2) is 12.1 Å². The lowest BCUT2D eigenvalue weighted by Gasteiger charge is -2.15. The minimum absolute atomic E-state index is 0.0682. The summed E-state index contributed by atoms with van der Waals surface area (Å²) in [4.78, 5) is 0. The minimum Gasteiger partial charge on any atom is -0.493 e. The molecule has 1 unspecified atom stereocenters. The summed E-state index contributed by atoms with van der Waals surface area (Å²) in [7, 11) is 1.61. The molecule has 1 aliphatic rings. The smallest absolute Gasteiger partial charge is 0.180 e. The summed E-state index contributed by atoms with van der Waals surface area (Å²) >= 11 is 6.17. The SMILES string of the molecule is COc1cc(C(C)N)cc(Cl)c1OC1CC1. The van der Waals surface area contributed by atoms with Gasteiger partial charge in [0.2, 0.25) is 0 Å². The Morgan fingerprint density at radius 2 is 2.12 bits per heavy atom. The molecule has 0 bridgehead atoms. The van der Waals surface area contributed by atoms with Crippen molar-refractivity contribution < 1.29 is 9.47 Å². The fourth-order valence-corrected chi connectivity index (χ4v) is 1.73. The molecule has 0 aliphatic heterocycles. The van der Waals surface area contributed by atoms with Crippen LogP contribution in [0.1, 0.15) is 31.4 Å². The van der Waals surface area contributed by atoms with Crippen molar-refractivity contribution in [3.05, 3.63) is 22.7 Å². The van der Waals surface area contributed by atoms with E-state index < -0.39 is 0 Å². The van der Waals surface area contributed by atoms with Crippen LogP contribution in [0.2, 0.25) is 5.02 Å². The largest absolute Gasteiger partial charge is 0.493 e. The van der Waals surface area contributed by atoms with Crippen LogP contribution < -0.4 is 15.2 Å². The van der Waals surface area contributed by atoms with Gasteiger partial charge in [0.05, 0.1) is 18.2 Å². The highest BCUT2D eigenvalue weighted by atomic mass is 35.5. The summed E-state index contributed by atoms with van der Waals surface area (Å²) in [5.41, 5.74) is 6.76. The van der Waals surface area contributed by atoms with E-state index in [1.165, 1.54) is 0 Å². The Balaban J connectivity index is 2.34. The number of hydrogen-bond donors (Lipinski definition) is 1. The van der Waals surface area contributed by atoms with Crippen LogP contribution in [-0.4, -0.2) is 13.2 Å². The van der Waals surface area contributed by atoms with Crippen LogP contribution in [0.4, 0.5) is 0 Å². The Hall–Kier alpha value is -0.930. The van der Waals surface area contributed by atoms with Gasteiger partial charge in [-0.25, -0.2) is 0 Å². The number of halogens is 1. The first-order chi connectivity index (χ1) is 7.61. The first-order valence-electron chi connectivity index (χ1n) is 5.41. The zero-order valence-electron chi connectivity index (χ0n) is 9.50. The Kier molecular flexibility index (Phi) is 3.26. The van der Waals surface area contributed by atoms with Crippen LogP contribution in [0.25, 0.3) is 0 Å². The third-order valence-electron chi connectivity index (χ3n) is 2.59. The highest BCUT2D eigenvalue weighted by Crippen LogP contribution is 2.40. The normalized spacial score (nSPS) is 17.0. The molecular formula is C12H16ClNO2. The second kappa shape index (κ2) is 4.52. The van der Waals surface area contributed by atoms with E-state index >= 15 is 0 Å². The van der Waals surface area contributed by atoms with E-state index in [0.29, 0.717) is 22.6 Å².